The van der Waals surface area contributed by atoms with Crippen molar-refractivity contribution in [1.29, 1.82) is 0 Å². The van der Waals surface area contributed by atoms with E-state index in [2.05, 4.69) is 10.4 Å². The molecule has 20 heavy (non-hydrogen) atoms. The van der Waals surface area contributed by atoms with Crippen LogP contribution in [0.25, 0.3) is 0 Å². The van der Waals surface area contributed by atoms with Crippen molar-refractivity contribution in [1.82, 2.24) is 9.78 Å². The number of aromatic carboxylic acids is 1. The molecule has 0 aliphatic heterocycles. The van der Waals surface area contributed by atoms with Gasteiger partial charge >= 0.3 is 5.97 Å². The molecule has 0 fully saturated rings. The van der Waals surface area contributed by atoms with Gasteiger partial charge in [-0.05, 0) is 13.0 Å². The molecular formula is C12H12N4O4. The maximum Gasteiger partial charge on any atom is 0.336 e. The molecule has 1 aromatic heterocycles. The quantitative estimate of drug-likeness (QED) is 0.653. The van der Waals surface area contributed by atoms with Crippen molar-refractivity contribution in [2.24, 2.45) is 7.05 Å². The topological polar surface area (TPSA) is 110 Å². The molecule has 0 saturated heterocycles. The molecule has 0 spiro atoms. The molecule has 2 N–H and O–H groups in total. The minimum absolute atomic E-state index is 0.152. The molecule has 2 aromatic rings. The number of nitro groups is 1. The number of nitrogens with one attached hydrogen (secondary N) is 1. The average molecular weight is 276 g/mol. The molecule has 104 valence electrons. The van der Waals surface area contributed by atoms with Crippen LogP contribution in [0.3, 0.4) is 0 Å². The van der Waals surface area contributed by atoms with Gasteiger partial charge in [0, 0.05) is 25.4 Å². The highest BCUT2D eigenvalue weighted by molar-refractivity contribution is 5.91. The van der Waals surface area contributed by atoms with E-state index in [1.807, 2.05) is 0 Å². The first-order chi connectivity index (χ1) is 9.38. The van der Waals surface area contributed by atoms with E-state index >= 15 is 0 Å². The van der Waals surface area contributed by atoms with Crippen LogP contribution in [0.5, 0.6) is 0 Å². The van der Waals surface area contributed by atoms with Gasteiger partial charge in [0.2, 0.25) is 0 Å². The molecule has 0 saturated carbocycles. The first-order valence-corrected chi connectivity index (χ1v) is 5.67. The summed E-state index contributed by atoms with van der Waals surface area (Å²) in [5.74, 6) is -0.746. The van der Waals surface area contributed by atoms with Crippen LogP contribution in [0.2, 0.25) is 0 Å². The summed E-state index contributed by atoms with van der Waals surface area (Å²) < 4.78 is 1.56. The number of aromatic nitrogens is 2. The molecule has 1 aromatic carbocycles. The third kappa shape index (κ3) is 2.58. The highest BCUT2D eigenvalue weighted by Gasteiger charge is 2.19. The molecule has 0 bridgehead atoms. The van der Waals surface area contributed by atoms with Crippen LogP contribution < -0.4 is 5.32 Å². The number of hydrogen-bond donors (Lipinski definition) is 2. The standard InChI is InChI=1S/C12H12N4O4/c1-7-9(13-11-3-4-15(2)14-11)5-8(12(17)18)6-10(7)16(19)20/h3-6H,1-2H3,(H,13,14)(H,17,18). The zero-order valence-corrected chi connectivity index (χ0v) is 10.8. The van der Waals surface area contributed by atoms with E-state index in [0.29, 0.717) is 17.1 Å². The smallest absolute Gasteiger partial charge is 0.336 e. The van der Waals surface area contributed by atoms with Crippen LogP contribution >= 0.6 is 0 Å². The number of carboxylic acid groups (broad SMARTS) is 1. The molecule has 8 heteroatoms. The summed E-state index contributed by atoms with van der Waals surface area (Å²) in [6.07, 6.45) is 1.70. The summed E-state index contributed by atoms with van der Waals surface area (Å²) in [6.45, 7) is 1.55. The number of carboxylic acids is 1. The summed E-state index contributed by atoms with van der Waals surface area (Å²) in [4.78, 5) is 21.4. The van der Waals surface area contributed by atoms with Crippen molar-refractivity contribution in [3.8, 4) is 0 Å². The van der Waals surface area contributed by atoms with Crippen molar-refractivity contribution in [3.05, 3.63) is 45.6 Å². The van der Waals surface area contributed by atoms with E-state index in [1.165, 1.54) is 6.07 Å². The van der Waals surface area contributed by atoms with E-state index in [9.17, 15) is 14.9 Å². The average Bonchev–Trinajstić information content (AvgIpc) is 2.76. The maximum atomic E-state index is 11.0. The van der Waals surface area contributed by atoms with Crippen LogP contribution in [0, 0.1) is 17.0 Å². The summed E-state index contributed by atoms with van der Waals surface area (Å²) in [5.41, 5.74) is 0.296. The SMILES string of the molecule is Cc1c(Nc2ccn(C)n2)cc(C(=O)O)cc1[N+](=O)[O-]. The van der Waals surface area contributed by atoms with E-state index in [0.717, 1.165) is 6.07 Å². The van der Waals surface area contributed by atoms with Gasteiger partial charge in [0.15, 0.2) is 5.82 Å². The van der Waals surface area contributed by atoms with E-state index in [-0.39, 0.29) is 11.3 Å². The van der Waals surface area contributed by atoms with Gasteiger partial charge < -0.3 is 10.4 Å². The number of rotatable bonds is 4. The van der Waals surface area contributed by atoms with Gasteiger partial charge in [-0.2, -0.15) is 5.10 Å². The maximum absolute atomic E-state index is 11.0. The largest absolute Gasteiger partial charge is 0.478 e. The summed E-state index contributed by atoms with van der Waals surface area (Å²) >= 11 is 0. The molecule has 2 rings (SSSR count). The van der Waals surface area contributed by atoms with Crippen LogP contribution in [-0.4, -0.2) is 25.8 Å². The van der Waals surface area contributed by atoms with Gasteiger partial charge in [-0.15, -0.1) is 0 Å². The first-order valence-electron chi connectivity index (χ1n) is 5.67. The molecule has 0 radical (unpaired) electrons. The van der Waals surface area contributed by atoms with Gasteiger partial charge in [-0.25, -0.2) is 4.79 Å². The van der Waals surface area contributed by atoms with Crippen molar-refractivity contribution < 1.29 is 14.8 Å². The second-order valence-electron chi connectivity index (χ2n) is 4.23. The Morgan fingerprint density at radius 1 is 1.50 bits per heavy atom. The van der Waals surface area contributed by atoms with Crippen LogP contribution in [0.15, 0.2) is 24.4 Å². The molecular weight excluding hydrogens is 264 g/mol. The number of hydrogen-bond acceptors (Lipinski definition) is 5. The Labute approximate surface area is 113 Å². The third-order valence-corrected chi connectivity index (χ3v) is 2.80. The molecule has 0 atom stereocenters. The van der Waals surface area contributed by atoms with Crippen LogP contribution in [-0.2, 0) is 7.05 Å². The van der Waals surface area contributed by atoms with Crippen molar-refractivity contribution in [3.63, 3.8) is 0 Å². The minimum Gasteiger partial charge on any atom is -0.478 e. The minimum atomic E-state index is -1.22. The molecule has 8 nitrogen and oxygen atoms in total. The fourth-order valence-corrected chi connectivity index (χ4v) is 1.76. The number of aryl methyl sites for hydroxylation is 1. The molecule has 1 heterocycles. The van der Waals surface area contributed by atoms with Crippen molar-refractivity contribution >= 4 is 23.2 Å². The van der Waals surface area contributed by atoms with E-state index in [1.54, 1.807) is 30.9 Å². The lowest BCUT2D eigenvalue weighted by atomic mass is 10.1. The van der Waals surface area contributed by atoms with Gasteiger partial charge in [0.05, 0.1) is 21.7 Å². The number of anilines is 2. The van der Waals surface area contributed by atoms with Crippen molar-refractivity contribution in [2.45, 2.75) is 6.92 Å². The fourth-order valence-electron chi connectivity index (χ4n) is 1.76. The highest BCUT2D eigenvalue weighted by atomic mass is 16.6. The van der Waals surface area contributed by atoms with Gasteiger partial charge in [-0.3, -0.25) is 14.8 Å². The molecule has 0 aliphatic carbocycles. The zero-order valence-electron chi connectivity index (χ0n) is 10.8. The summed E-state index contributed by atoms with van der Waals surface area (Å²) in [5, 5.41) is 26.9. The molecule has 0 amide bonds. The van der Waals surface area contributed by atoms with E-state index < -0.39 is 10.9 Å². The van der Waals surface area contributed by atoms with Gasteiger partial charge in [0.1, 0.15) is 0 Å². The zero-order chi connectivity index (χ0) is 14.9. The first kappa shape index (κ1) is 13.5. The highest BCUT2D eigenvalue weighted by Crippen LogP contribution is 2.29. The van der Waals surface area contributed by atoms with Crippen molar-refractivity contribution in [2.75, 3.05) is 5.32 Å². The van der Waals surface area contributed by atoms with Gasteiger partial charge in [0.25, 0.3) is 5.69 Å². The Morgan fingerprint density at radius 3 is 2.70 bits per heavy atom. The molecule has 0 aliphatic rings. The second kappa shape index (κ2) is 5.00. The third-order valence-electron chi connectivity index (χ3n) is 2.80. The summed E-state index contributed by atoms with van der Waals surface area (Å²) in [7, 11) is 1.73. The lowest BCUT2D eigenvalue weighted by molar-refractivity contribution is -0.385. The normalized spacial score (nSPS) is 10.3. The lowest BCUT2D eigenvalue weighted by Crippen LogP contribution is -2.04. The Hall–Kier alpha value is -2.90. The lowest BCUT2D eigenvalue weighted by Gasteiger charge is -2.09. The Bertz CT molecular complexity index is 693. The second-order valence-corrected chi connectivity index (χ2v) is 4.23. The number of benzene rings is 1. The number of nitrogens with zero attached hydrogens (tertiary/aromatic N) is 3. The fraction of sp³-hybridized carbons (Fsp3) is 0.167. The van der Waals surface area contributed by atoms with Crippen LogP contribution in [0.4, 0.5) is 17.2 Å². The van der Waals surface area contributed by atoms with E-state index in [4.69, 9.17) is 5.11 Å². The number of carbonyl (C=O) groups is 1. The number of nitro benzene ring substituents is 1. The predicted molar refractivity (Wildman–Crippen MR) is 71.3 cm³/mol. The monoisotopic (exact) mass is 276 g/mol. The Balaban J connectivity index is 2.50. The summed E-state index contributed by atoms with van der Waals surface area (Å²) in [6, 6.07) is 4.07. The van der Waals surface area contributed by atoms with Crippen LogP contribution in [0.1, 0.15) is 15.9 Å². The Morgan fingerprint density at radius 2 is 2.20 bits per heavy atom. The molecule has 0 unspecified atom stereocenters. The predicted octanol–water partition coefficient (Wildman–Crippen LogP) is 2.08. The Kier molecular flexibility index (Phi) is 3.38. The van der Waals surface area contributed by atoms with Gasteiger partial charge in [-0.1, -0.05) is 0 Å².